The summed E-state index contributed by atoms with van der Waals surface area (Å²) in [5.41, 5.74) is 0.843. The van der Waals surface area contributed by atoms with Gasteiger partial charge in [-0.25, -0.2) is 0 Å². The molecule has 1 aromatic rings. The Hall–Kier alpha value is -3.27. The number of nitrogens with one attached hydrogen (secondary N) is 1. The van der Waals surface area contributed by atoms with Gasteiger partial charge < -0.3 is 29.8 Å². The van der Waals surface area contributed by atoms with Crippen molar-refractivity contribution in [1.82, 2.24) is 5.32 Å². The number of rotatable bonds is 8. The summed E-state index contributed by atoms with van der Waals surface area (Å²) in [7, 11) is 4.65. The Morgan fingerprint density at radius 2 is 1.73 bits per heavy atom. The predicted molar refractivity (Wildman–Crippen MR) is 93.1 cm³/mol. The van der Waals surface area contributed by atoms with E-state index in [0.717, 1.165) is 5.56 Å². The fraction of sp³-hybridized carbons (Fsp3) is 0.312. The fourth-order valence-corrected chi connectivity index (χ4v) is 1.75. The Morgan fingerprint density at radius 3 is 2.15 bits per heavy atom. The smallest absolute Gasteiger partial charge is 0.291 e. The number of aliphatic hydroxyl groups is 1. The van der Waals surface area contributed by atoms with Crippen molar-refractivity contribution in [2.75, 3.05) is 34.5 Å². The van der Waals surface area contributed by atoms with Crippen LogP contribution in [0.25, 0.3) is 6.08 Å². The Labute approximate surface area is 150 Å². The average molecular weight is 370 g/mol. The van der Waals surface area contributed by atoms with E-state index < -0.39 is 5.09 Å². The molecule has 0 heterocycles. The van der Waals surface area contributed by atoms with E-state index in [0.29, 0.717) is 17.2 Å². The van der Waals surface area contributed by atoms with Crippen molar-refractivity contribution in [3.63, 3.8) is 0 Å². The van der Waals surface area contributed by atoms with Gasteiger partial charge in [-0.3, -0.25) is 4.79 Å². The summed E-state index contributed by atoms with van der Waals surface area (Å²) in [6.45, 7) is 0.153. The molecule has 144 valence electrons. The van der Waals surface area contributed by atoms with E-state index in [1.807, 2.05) is 0 Å². The topological polar surface area (TPSA) is 140 Å². The molecule has 1 amide bonds. The van der Waals surface area contributed by atoms with Crippen molar-refractivity contribution in [1.29, 1.82) is 0 Å². The van der Waals surface area contributed by atoms with Crippen molar-refractivity contribution < 1.29 is 34.4 Å². The largest absolute Gasteiger partial charge is 0.493 e. The van der Waals surface area contributed by atoms with Crippen molar-refractivity contribution >= 4 is 12.0 Å². The normalized spacial score (nSPS) is 10.2. The van der Waals surface area contributed by atoms with Crippen LogP contribution in [0.4, 0.5) is 0 Å². The highest BCUT2D eigenvalue weighted by Crippen LogP contribution is 2.38. The number of methoxy groups -OCH3 is 3. The fourth-order valence-electron chi connectivity index (χ4n) is 1.75. The molecule has 1 aromatic carbocycles. The van der Waals surface area contributed by atoms with Crippen molar-refractivity contribution in [2.45, 2.75) is 0 Å². The van der Waals surface area contributed by atoms with Crippen LogP contribution >= 0.6 is 0 Å². The van der Waals surface area contributed by atoms with Crippen LogP contribution in [0.1, 0.15) is 5.56 Å². The Bertz CT molecular complexity index is 614. The van der Waals surface area contributed by atoms with Crippen LogP contribution in [0.2, 0.25) is 0 Å². The summed E-state index contributed by atoms with van der Waals surface area (Å²) in [5.74, 6) is 1.39. The molecule has 10 nitrogen and oxygen atoms in total. The van der Waals surface area contributed by atoms with Gasteiger partial charge in [0.25, 0.3) is 5.09 Å². The van der Waals surface area contributed by atoms with Crippen LogP contribution in [-0.2, 0) is 4.79 Å². The molecule has 0 fully saturated rings. The van der Waals surface area contributed by atoms with E-state index in [1.54, 1.807) is 51.7 Å². The van der Waals surface area contributed by atoms with Gasteiger partial charge in [0.15, 0.2) is 11.5 Å². The van der Waals surface area contributed by atoms with Crippen LogP contribution in [0.3, 0.4) is 0 Å². The number of hydrogen-bond donors (Lipinski definition) is 3. The van der Waals surface area contributed by atoms with Crippen molar-refractivity contribution in [2.24, 2.45) is 0 Å². The molecule has 0 saturated heterocycles. The van der Waals surface area contributed by atoms with E-state index in [2.05, 4.69) is 5.32 Å². The van der Waals surface area contributed by atoms with E-state index >= 15 is 0 Å². The van der Waals surface area contributed by atoms with Gasteiger partial charge in [0.2, 0.25) is 11.7 Å². The lowest BCUT2D eigenvalue weighted by atomic mass is 10.1. The lowest BCUT2D eigenvalue weighted by Gasteiger charge is -2.12. The SMILES string of the molecule is COc1cc(C=CC=CC(=O)NCCO)cc(OC)c1OC.O=[N+]([O-])O. The Morgan fingerprint density at radius 1 is 1.19 bits per heavy atom. The average Bonchev–Trinajstić information content (AvgIpc) is 2.61. The summed E-state index contributed by atoms with van der Waals surface area (Å²) in [6, 6.07) is 3.61. The number of hydrogen-bond acceptors (Lipinski definition) is 7. The second kappa shape index (κ2) is 13.1. The quantitative estimate of drug-likeness (QED) is 0.267. The van der Waals surface area contributed by atoms with Gasteiger partial charge in [-0.2, -0.15) is 0 Å². The minimum absolute atomic E-state index is 0.0825. The van der Waals surface area contributed by atoms with E-state index in [1.165, 1.54) is 6.08 Å². The van der Waals surface area contributed by atoms with Gasteiger partial charge in [-0.1, -0.05) is 18.2 Å². The third kappa shape index (κ3) is 9.13. The molecule has 26 heavy (non-hydrogen) atoms. The Kier molecular flexibility index (Phi) is 11.4. The molecule has 0 aromatic heterocycles. The molecule has 0 saturated carbocycles. The molecule has 0 radical (unpaired) electrons. The number of carbonyl (C=O) groups is 1. The maximum atomic E-state index is 11.3. The molecule has 1 rings (SSSR count). The van der Waals surface area contributed by atoms with Crippen LogP contribution in [0.5, 0.6) is 17.2 Å². The summed E-state index contributed by atoms with van der Waals surface area (Å²) in [6.07, 6.45) is 6.51. The van der Waals surface area contributed by atoms with Crippen LogP contribution < -0.4 is 19.5 Å². The summed E-state index contributed by atoms with van der Waals surface area (Å²) in [4.78, 5) is 19.7. The maximum Gasteiger partial charge on any atom is 0.291 e. The minimum atomic E-state index is -1.50. The number of carbonyl (C=O) groups excluding carboxylic acids is 1. The zero-order valence-electron chi connectivity index (χ0n) is 14.7. The number of ether oxygens (including phenoxy) is 3. The standard InChI is InChI=1S/C16H21NO5.HNO3/c1-20-13-10-12(11-14(21-2)16(13)22-3)6-4-5-7-15(19)17-8-9-18;2-1(3)4/h4-7,10-11,18H,8-9H2,1-3H3,(H,17,19);(H,2,3,4). The number of nitrogens with zero attached hydrogens (tertiary/aromatic N) is 1. The Balaban J connectivity index is 0.00000141. The second-order valence-corrected chi connectivity index (χ2v) is 4.43. The van der Waals surface area contributed by atoms with Crippen molar-refractivity contribution in [3.05, 3.63) is 46.0 Å². The molecule has 0 aliphatic carbocycles. The molecule has 0 bridgehead atoms. The van der Waals surface area contributed by atoms with Gasteiger partial charge >= 0.3 is 0 Å². The first-order valence-corrected chi connectivity index (χ1v) is 7.26. The van der Waals surface area contributed by atoms with Gasteiger partial charge in [-0.15, -0.1) is 10.1 Å². The number of amides is 1. The van der Waals surface area contributed by atoms with E-state index in [4.69, 9.17) is 34.6 Å². The first-order valence-electron chi connectivity index (χ1n) is 7.26. The van der Waals surface area contributed by atoms with Crippen molar-refractivity contribution in [3.8, 4) is 17.2 Å². The highest BCUT2D eigenvalue weighted by molar-refractivity contribution is 5.87. The lowest BCUT2D eigenvalue weighted by molar-refractivity contribution is -0.742. The number of allylic oxidation sites excluding steroid dienone is 2. The molecule has 0 unspecified atom stereocenters. The lowest BCUT2D eigenvalue weighted by Crippen LogP contribution is -2.24. The molecular weight excluding hydrogens is 348 g/mol. The van der Waals surface area contributed by atoms with Gasteiger partial charge in [0.05, 0.1) is 27.9 Å². The molecule has 0 aliphatic heterocycles. The molecule has 3 N–H and O–H groups in total. The maximum absolute atomic E-state index is 11.3. The van der Waals surface area contributed by atoms with E-state index in [-0.39, 0.29) is 19.1 Å². The zero-order valence-corrected chi connectivity index (χ0v) is 14.7. The van der Waals surface area contributed by atoms with Gasteiger partial charge in [-0.05, 0) is 17.7 Å². The zero-order chi connectivity index (χ0) is 19.9. The molecule has 0 atom stereocenters. The third-order valence-corrected chi connectivity index (χ3v) is 2.75. The molecule has 10 heteroatoms. The van der Waals surface area contributed by atoms with Crippen LogP contribution in [0.15, 0.2) is 30.4 Å². The first-order chi connectivity index (χ1) is 12.4. The highest BCUT2D eigenvalue weighted by atomic mass is 16.9. The molecular formula is C16H22N2O8. The molecule has 0 spiro atoms. The monoisotopic (exact) mass is 370 g/mol. The minimum Gasteiger partial charge on any atom is -0.493 e. The van der Waals surface area contributed by atoms with E-state index in [9.17, 15) is 4.79 Å². The number of aliphatic hydroxyl groups excluding tert-OH is 1. The molecule has 0 aliphatic rings. The van der Waals surface area contributed by atoms with Gasteiger partial charge in [0, 0.05) is 12.6 Å². The summed E-state index contributed by atoms with van der Waals surface area (Å²) < 4.78 is 15.8. The van der Waals surface area contributed by atoms with Crippen LogP contribution in [-0.4, -0.2) is 55.8 Å². The van der Waals surface area contributed by atoms with Crippen LogP contribution in [0, 0.1) is 10.1 Å². The predicted octanol–water partition coefficient (Wildman–Crippen LogP) is 1.04. The summed E-state index contributed by atoms with van der Waals surface area (Å²) in [5, 5.41) is 24.7. The second-order valence-electron chi connectivity index (χ2n) is 4.43. The van der Waals surface area contributed by atoms with Gasteiger partial charge in [0.1, 0.15) is 0 Å². The third-order valence-electron chi connectivity index (χ3n) is 2.75. The first kappa shape index (κ1) is 22.7. The number of benzene rings is 1. The highest BCUT2D eigenvalue weighted by Gasteiger charge is 2.11. The summed E-state index contributed by atoms with van der Waals surface area (Å²) >= 11 is 0.